The zero-order chi connectivity index (χ0) is 25.2. The first-order chi connectivity index (χ1) is 18.2. The molecule has 6 rings (SSSR count). The number of aromatic nitrogens is 4. The van der Waals surface area contributed by atoms with Crippen LogP contribution >= 0.6 is 0 Å². The van der Waals surface area contributed by atoms with Gasteiger partial charge >= 0.3 is 0 Å². The zero-order valence-electron chi connectivity index (χ0n) is 19.6. The number of hydrogen-bond acceptors (Lipinski definition) is 6. The number of amides is 2. The van der Waals surface area contributed by atoms with Gasteiger partial charge in [-0.05, 0) is 39.2 Å². The monoisotopic (exact) mass is 487 g/mol. The predicted molar refractivity (Wildman–Crippen MR) is 134 cm³/mol. The van der Waals surface area contributed by atoms with Crippen LogP contribution in [0.25, 0.3) is 0 Å². The Hall–Kier alpha value is -4.95. The van der Waals surface area contributed by atoms with Gasteiger partial charge in [0.05, 0.1) is 11.1 Å². The number of benzene rings is 4. The van der Waals surface area contributed by atoms with Crippen LogP contribution < -0.4 is 0 Å². The number of hydrogen-bond donors (Lipinski definition) is 0. The van der Waals surface area contributed by atoms with Gasteiger partial charge in [0.2, 0.25) is 0 Å². The first-order valence-corrected chi connectivity index (χ1v) is 11.8. The number of nitrogens with zero attached hydrogens (tertiary/aromatic N) is 5. The van der Waals surface area contributed by atoms with Gasteiger partial charge in [-0.1, -0.05) is 103 Å². The molecule has 0 N–H and O–H groups in total. The molecule has 0 atom stereocenters. The number of tetrazole rings is 1. The highest BCUT2D eigenvalue weighted by Crippen LogP contribution is 2.40. The summed E-state index contributed by atoms with van der Waals surface area (Å²) in [5, 5.41) is 13.4. The molecule has 5 aromatic rings. The van der Waals surface area contributed by atoms with Crippen LogP contribution in [0.1, 0.15) is 43.2 Å². The summed E-state index contributed by atoms with van der Waals surface area (Å²) in [6, 6.07) is 36.4. The SMILES string of the molecule is O=C1c2ccccc2C(=O)N1OCc1nnnn1C(c1ccccc1)(c1ccccc1)c1ccccc1. The van der Waals surface area contributed by atoms with Gasteiger partial charge in [0.15, 0.2) is 5.82 Å². The molecule has 37 heavy (non-hydrogen) atoms. The fraction of sp³-hybridized carbons (Fsp3) is 0.0690. The molecule has 1 aliphatic heterocycles. The van der Waals surface area contributed by atoms with Crippen LogP contribution in [0.15, 0.2) is 115 Å². The molecule has 8 heteroatoms. The van der Waals surface area contributed by atoms with Crippen LogP contribution in [0.3, 0.4) is 0 Å². The van der Waals surface area contributed by atoms with Crippen molar-refractivity contribution in [2.45, 2.75) is 12.1 Å². The minimum atomic E-state index is -0.950. The molecule has 180 valence electrons. The second kappa shape index (κ2) is 9.25. The maximum atomic E-state index is 12.8. The van der Waals surface area contributed by atoms with E-state index in [4.69, 9.17) is 4.84 Å². The lowest BCUT2D eigenvalue weighted by atomic mass is 9.77. The van der Waals surface area contributed by atoms with Crippen LogP contribution in [0.2, 0.25) is 0 Å². The Kier molecular flexibility index (Phi) is 5.63. The van der Waals surface area contributed by atoms with E-state index in [1.165, 1.54) is 0 Å². The minimum absolute atomic E-state index is 0.202. The molecular weight excluding hydrogens is 466 g/mol. The minimum Gasteiger partial charge on any atom is -0.266 e. The Balaban J connectivity index is 1.47. The van der Waals surface area contributed by atoms with Crippen molar-refractivity contribution in [3.63, 3.8) is 0 Å². The van der Waals surface area contributed by atoms with Crippen molar-refractivity contribution >= 4 is 11.8 Å². The molecule has 1 aliphatic rings. The Morgan fingerprint density at radius 3 is 1.51 bits per heavy atom. The van der Waals surface area contributed by atoms with Gasteiger partial charge in [-0.25, -0.2) is 4.68 Å². The van der Waals surface area contributed by atoms with E-state index in [1.54, 1.807) is 28.9 Å². The number of imide groups is 1. The highest BCUT2D eigenvalue weighted by atomic mass is 16.7. The molecule has 0 bridgehead atoms. The molecule has 0 aliphatic carbocycles. The third-order valence-corrected chi connectivity index (χ3v) is 6.51. The average Bonchev–Trinajstić information content (AvgIpc) is 3.52. The fourth-order valence-electron chi connectivity index (χ4n) is 4.87. The summed E-state index contributed by atoms with van der Waals surface area (Å²) in [5.41, 5.74) is 2.46. The van der Waals surface area contributed by atoms with Crippen LogP contribution in [-0.2, 0) is 17.0 Å². The summed E-state index contributed by atoms with van der Waals surface area (Å²) in [6.45, 7) is -0.202. The van der Waals surface area contributed by atoms with Crippen molar-refractivity contribution in [2.24, 2.45) is 0 Å². The summed E-state index contributed by atoms with van der Waals surface area (Å²) in [6.07, 6.45) is 0. The van der Waals surface area contributed by atoms with Crippen molar-refractivity contribution in [1.29, 1.82) is 0 Å². The highest BCUT2D eigenvalue weighted by Gasteiger charge is 2.42. The molecule has 1 aromatic heterocycles. The highest BCUT2D eigenvalue weighted by molar-refractivity contribution is 6.20. The van der Waals surface area contributed by atoms with Crippen molar-refractivity contribution in [3.05, 3.63) is 149 Å². The van der Waals surface area contributed by atoms with E-state index in [0.29, 0.717) is 17.0 Å². The third kappa shape index (κ3) is 3.62. The molecule has 4 aromatic carbocycles. The normalized spacial score (nSPS) is 13.1. The van der Waals surface area contributed by atoms with Crippen LogP contribution in [0.4, 0.5) is 0 Å². The second-order valence-corrected chi connectivity index (χ2v) is 8.54. The van der Waals surface area contributed by atoms with Gasteiger partial charge in [0.25, 0.3) is 11.8 Å². The zero-order valence-corrected chi connectivity index (χ0v) is 19.6. The average molecular weight is 488 g/mol. The van der Waals surface area contributed by atoms with E-state index in [9.17, 15) is 9.59 Å². The van der Waals surface area contributed by atoms with E-state index < -0.39 is 17.4 Å². The van der Waals surface area contributed by atoms with Crippen molar-refractivity contribution in [3.8, 4) is 0 Å². The summed E-state index contributed by atoms with van der Waals surface area (Å²) < 4.78 is 1.70. The Morgan fingerprint density at radius 2 is 1.05 bits per heavy atom. The Bertz CT molecular complexity index is 1440. The lowest BCUT2D eigenvalue weighted by molar-refractivity contribution is -0.104. The van der Waals surface area contributed by atoms with Crippen molar-refractivity contribution < 1.29 is 14.4 Å². The summed E-state index contributed by atoms with van der Waals surface area (Å²) >= 11 is 0. The topological polar surface area (TPSA) is 90.2 Å². The molecule has 0 unspecified atom stereocenters. The molecule has 8 nitrogen and oxygen atoms in total. The van der Waals surface area contributed by atoms with Gasteiger partial charge in [-0.2, -0.15) is 0 Å². The number of rotatable bonds is 7. The Labute approximate surface area is 212 Å². The molecule has 0 saturated carbocycles. The Morgan fingerprint density at radius 1 is 0.622 bits per heavy atom. The van der Waals surface area contributed by atoms with Gasteiger partial charge < -0.3 is 0 Å². The summed E-state index contributed by atoms with van der Waals surface area (Å²) in [4.78, 5) is 31.4. The second-order valence-electron chi connectivity index (χ2n) is 8.54. The van der Waals surface area contributed by atoms with Crippen molar-refractivity contribution in [1.82, 2.24) is 25.3 Å². The maximum absolute atomic E-state index is 12.8. The predicted octanol–water partition coefficient (Wildman–Crippen LogP) is 4.24. The van der Waals surface area contributed by atoms with E-state index in [2.05, 4.69) is 15.5 Å². The van der Waals surface area contributed by atoms with Gasteiger partial charge in [-0.3, -0.25) is 14.4 Å². The lowest BCUT2D eigenvalue weighted by Crippen LogP contribution is -2.40. The van der Waals surface area contributed by atoms with Gasteiger partial charge in [0, 0.05) is 0 Å². The van der Waals surface area contributed by atoms with E-state index in [0.717, 1.165) is 21.8 Å². The number of carbonyl (C=O) groups excluding carboxylic acids is 2. The molecule has 0 radical (unpaired) electrons. The molecule has 0 fully saturated rings. The first-order valence-electron chi connectivity index (χ1n) is 11.8. The molecule has 0 saturated heterocycles. The van der Waals surface area contributed by atoms with Gasteiger partial charge in [0.1, 0.15) is 12.1 Å². The fourth-order valence-corrected chi connectivity index (χ4v) is 4.87. The number of carbonyl (C=O) groups is 2. The summed E-state index contributed by atoms with van der Waals surface area (Å²) in [5.74, 6) is -0.687. The van der Waals surface area contributed by atoms with Gasteiger partial charge in [-0.15, -0.1) is 10.2 Å². The summed E-state index contributed by atoms with van der Waals surface area (Å²) in [7, 11) is 0. The molecule has 2 amide bonds. The first kappa shape index (κ1) is 22.5. The van der Waals surface area contributed by atoms with E-state index in [-0.39, 0.29) is 6.61 Å². The molecular formula is C29H21N5O3. The maximum Gasteiger partial charge on any atom is 0.285 e. The number of fused-ring (bicyclic) bond motifs is 1. The van der Waals surface area contributed by atoms with E-state index in [1.807, 2.05) is 91.0 Å². The third-order valence-electron chi connectivity index (χ3n) is 6.51. The molecule has 0 spiro atoms. The number of hydroxylamine groups is 2. The van der Waals surface area contributed by atoms with E-state index >= 15 is 0 Å². The van der Waals surface area contributed by atoms with Crippen molar-refractivity contribution in [2.75, 3.05) is 0 Å². The largest absolute Gasteiger partial charge is 0.285 e. The smallest absolute Gasteiger partial charge is 0.266 e. The van der Waals surface area contributed by atoms with Crippen LogP contribution in [-0.4, -0.2) is 37.1 Å². The molecule has 2 heterocycles. The quantitative estimate of drug-likeness (QED) is 0.252. The van der Waals surface area contributed by atoms with Crippen LogP contribution in [0, 0.1) is 0 Å². The van der Waals surface area contributed by atoms with Crippen LogP contribution in [0.5, 0.6) is 0 Å². The lowest BCUT2D eigenvalue weighted by Gasteiger charge is -2.36. The standard InChI is InChI=1S/C29H21N5O3/c35-27-24-18-10-11-19-25(24)28(36)33(27)37-20-26-30-31-32-34(26)29(21-12-4-1-5-13-21,22-14-6-2-7-15-22)23-16-8-3-9-17-23/h1-19H,20H2.